The Bertz CT molecular complexity index is 2200. The molecule has 0 fully saturated rings. The summed E-state index contributed by atoms with van der Waals surface area (Å²) in [4.78, 5) is 27.7. The highest BCUT2D eigenvalue weighted by Crippen LogP contribution is 2.56. The molecule has 38 heavy (non-hydrogen) atoms. The Morgan fingerprint density at radius 1 is 0.474 bits per heavy atom. The highest BCUT2D eigenvalue weighted by molar-refractivity contribution is 9.11. The fraction of sp³-hybridized carbons (Fsp3) is 0.0667. The number of hydrogen-bond donors (Lipinski definition) is 4. The topological polar surface area (TPSA) is 115 Å². The largest absolute Gasteiger partial charge is 0.506 e. The standard InChI is InChI=1S/C30H16Br2O6/c1-9-3-5-11-13(7-9)15-16-14-8-10(2)4-6-12(14)26(34)22-18(16)20(28(36)24(32)30(22)38)19-17(15)21(25(11)33)29(37)23(31)27(19)35/h3-8,35-38H,1-2H3. The van der Waals surface area contributed by atoms with Gasteiger partial charge in [0, 0.05) is 32.3 Å². The number of phenolic OH excluding ortho intramolecular Hbond substituents is 4. The van der Waals surface area contributed by atoms with Gasteiger partial charge in [-0.05, 0) is 67.3 Å². The second-order valence-corrected chi connectivity index (χ2v) is 11.4. The van der Waals surface area contributed by atoms with E-state index >= 15 is 0 Å². The number of aromatic hydroxyl groups is 4. The third-order valence-corrected chi connectivity index (χ3v) is 9.11. The minimum atomic E-state index is -0.434. The SMILES string of the molecule is Cc1ccc2c(=O)c3c(O)c(Br)c(O)c4c5c(O)c(Br)c(O)c6c(=O)c7ccc(C)cc7c(c65)c(c2c1)c34. The second-order valence-electron chi connectivity index (χ2n) is 9.78. The molecule has 7 aromatic carbocycles. The van der Waals surface area contributed by atoms with Crippen LogP contribution in [0.25, 0.3) is 64.6 Å². The third-order valence-electron chi connectivity index (χ3n) is 7.61. The summed E-state index contributed by atoms with van der Waals surface area (Å²) < 4.78 is -0.234. The molecule has 7 aromatic rings. The summed E-state index contributed by atoms with van der Waals surface area (Å²) in [7, 11) is 0. The van der Waals surface area contributed by atoms with Gasteiger partial charge >= 0.3 is 0 Å². The van der Waals surface area contributed by atoms with Gasteiger partial charge in [0.2, 0.25) is 0 Å². The lowest BCUT2D eigenvalue weighted by Crippen LogP contribution is -2.08. The maximum absolute atomic E-state index is 13.8. The second kappa shape index (κ2) is 7.36. The van der Waals surface area contributed by atoms with Crippen LogP contribution in [0.15, 0.2) is 54.9 Å². The summed E-state index contributed by atoms with van der Waals surface area (Å²) in [6.45, 7) is 3.78. The van der Waals surface area contributed by atoms with Crippen molar-refractivity contribution in [3.63, 3.8) is 0 Å². The Kier molecular flexibility index (Phi) is 4.51. The molecule has 0 bridgehead atoms. The molecule has 186 valence electrons. The summed E-state index contributed by atoms with van der Waals surface area (Å²) in [5.74, 6) is -1.65. The lowest BCUT2D eigenvalue weighted by molar-refractivity contribution is 0.449. The molecule has 0 aliphatic rings. The molecule has 8 heteroatoms. The quantitative estimate of drug-likeness (QED) is 0.104. The molecule has 4 N–H and O–H groups in total. The minimum Gasteiger partial charge on any atom is -0.506 e. The minimum absolute atomic E-state index is 0.0228. The van der Waals surface area contributed by atoms with Crippen molar-refractivity contribution in [3.8, 4) is 23.0 Å². The van der Waals surface area contributed by atoms with E-state index in [4.69, 9.17) is 0 Å². The Balaban J connectivity index is 2.11. The molecule has 0 spiro atoms. The summed E-state index contributed by atoms with van der Waals surface area (Å²) >= 11 is 6.43. The van der Waals surface area contributed by atoms with Crippen LogP contribution in [-0.4, -0.2) is 20.4 Å². The lowest BCUT2D eigenvalue weighted by Gasteiger charge is -2.21. The zero-order valence-corrected chi connectivity index (χ0v) is 23.0. The monoisotopic (exact) mass is 630 g/mol. The first-order valence-electron chi connectivity index (χ1n) is 11.7. The molecule has 0 unspecified atom stereocenters. The van der Waals surface area contributed by atoms with E-state index in [1.54, 1.807) is 24.3 Å². The molecule has 0 heterocycles. The molecule has 0 aliphatic carbocycles. The van der Waals surface area contributed by atoms with Crippen LogP contribution >= 0.6 is 31.9 Å². The fourth-order valence-electron chi connectivity index (χ4n) is 6.00. The van der Waals surface area contributed by atoms with E-state index in [2.05, 4.69) is 31.9 Å². The molecular weight excluding hydrogens is 616 g/mol. The van der Waals surface area contributed by atoms with E-state index in [1.165, 1.54) is 0 Å². The highest BCUT2D eigenvalue weighted by atomic mass is 79.9. The molecule has 0 saturated heterocycles. The van der Waals surface area contributed by atoms with Gasteiger partial charge in [0.25, 0.3) is 0 Å². The van der Waals surface area contributed by atoms with Crippen LogP contribution in [0.1, 0.15) is 11.1 Å². The Morgan fingerprint density at radius 2 is 0.816 bits per heavy atom. The van der Waals surface area contributed by atoms with Crippen LogP contribution in [0.3, 0.4) is 0 Å². The van der Waals surface area contributed by atoms with E-state index in [-0.39, 0.29) is 41.3 Å². The van der Waals surface area contributed by atoms with Crippen LogP contribution in [0, 0.1) is 13.8 Å². The van der Waals surface area contributed by atoms with Crippen LogP contribution in [0.4, 0.5) is 0 Å². The molecule has 0 amide bonds. The van der Waals surface area contributed by atoms with Crippen LogP contribution in [0.5, 0.6) is 23.0 Å². The Hall–Kier alpha value is -3.88. The number of fused-ring (bicyclic) bond motifs is 6. The van der Waals surface area contributed by atoms with E-state index in [1.807, 2.05) is 26.0 Å². The Labute approximate surface area is 229 Å². The molecule has 6 nitrogen and oxygen atoms in total. The van der Waals surface area contributed by atoms with Gasteiger partial charge in [-0.15, -0.1) is 0 Å². The van der Waals surface area contributed by atoms with Gasteiger partial charge in [0.1, 0.15) is 31.9 Å². The van der Waals surface area contributed by atoms with Crippen molar-refractivity contribution in [1.82, 2.24) is 0 Å². The first-order chi connectivity index (χ1) is 18.0. The first-order valence-corrected chi connectivity index (χ1v) is 13.2. The summed E-state index contributed by atoms with van der Waals surface area (Å²) in [6.07, 6.45) is 0. The normalized spacial score (nSPS) is 12.3. The molecule has 0 saturated carbocycles. The summed E-state index contributed by atoms with van der Waals surface area (Å²) in [6, 6.07) is 10.7. The Morgan fingerprint density at radius 3 is 1.18 bits per heavy atom. The fourth-order valence-corrected chi connectivity index (χ4v) is 6.79. The molecule has 7 rings (SSSR count). The number of halogens is 2. The van der Waals surface area contributed by atoms with Crippen LogP contribution in [-0.2, 0) is 0 Å². The average Bonchev–Trinajstić information content (AvgIpc) is 2.88. The van der Waals surface area contributed by atoms with Crippen molar-refractivity contribution in [1.29, 1.82) is 0 Å². The summed E-state index contributed by atoms with van der Waals surface area (Å²) in [5.41, 5.74) is 0.889. The van der Waals surface area contributed by atoms with E-state index < -0.39 is 33.9 Å². The molecule has 0 atom stereocenters. The maximum atomic E-state index is 13.8. The van der Waals surface area contributed by atoms with E-state index in [0.29, 0.717) is 32.3 Å². The van der Waals surface area contributed by atoms with Gasteiger partial charge in [-0.2, -0.15) is 0 Å². The van der Waals surface area contributed by atoms with Gasteiger partial charge in [-0.1, -0.05) is 47.5 Å². The third kappa shape index (κ3) is 2.57. The smallest absolute Gasteiger partial charge is 0.198 e. The first kappa shape index (κ1) is 23.3. The van der Waals surface area contributed by atoms with E-state index in [9.17, 15) is 30.0 Å². The molecule has 0 aliphatic heterocycles. The number of rotatable bonds is 0. The van der Waals surface area contributed by atoms with Crippen molar-refractivity contribution in [3.05, 3.63) is 76.9 Å². The van der Waals surface area contributed by atoms with Crippen LogP contribution in [0.2, 0.25) is 0 Å². The van der Waals surface area contributed by atoms with Crippen molar-refractivity contribution in [2.24, 2.45) is 0 Å². The maximum Gasteiger partial charge on any atom is 0.198 e. The van der Waals surface area contributed by atoms with Gasteiger partial charge < -0.3 is 20.4 Å². The van der Waals surface area contributed by atoms with Crippen LogP contribution < -0.4 is 10.9 Å². The highest BCUT2D eigenvalue weighted by Gasteiger charge is 2.30. The number of phenols is 4. The van der Waals surface area contributed by atoms with Crippen molar-refractivity contribution in [2.45, 2.75) is 13.8 Å². The van der Waals surface area contributed by atoms with Gasteiger partial charge in [0.05, 0.1) is 10.8 Å². The number of hydrogen-bond acceptors (Lipinski definition) is 6. The number of benzene rings is 7. The zero-order chi connectivity index (χ0) is 26.9. The number of aryl methyl sites for hydroxylation is 2. The van der Waals surface area contributed by atoms with E-state index in [0.717, 1.165) is 11.1 Å². The average molecular weight is 632 g/mol. The van der Waals surface area contributed by atoms with Crippen molar-refractivity contribution >= 4 is 96.5 Å². The van der Waals surface area contributed by atoms with Gasteiger partial charge in [-0.25, -0.2) is 0 Å². The molecule has 0 radical (unpaired) electrons. The van der Waals surface area contributed by atoms with Gasteiger partial charge in [0.15, 0.2) is 10.9 Å². The summed E-state index contributed by atoms with van der Waals surface area (Å²) in [5, 5.41) is 48.6. The molecule has 0 aromatic heterocycles. The zero-order valence-electron chi connectivity index (χ0n) is 19.8. The van der Waals surface area contributed by atoms with Crippen molar-refractivity contribution < 1.29 is 20.4 Å². The van der Waals surface area contributed by atoms with Gasteiger partial charge in [-0.3, -0.25) is 9.59 Å². The predicted octanol–water partition coefficient (Wildman–Crippen LogP) is 7.17. The van der Waals surface area contributed by atoms with Crippen molar-refractivity contribution in [2.75, 3.05) is 0 Å². The molecular formula is C30H16Br2O6. The lowest BCUT2D eigenvalue weighted by atomic mass is 9.83. The predicted molar refractivity (Wildman–Crippen MR) is 158 cm³/mol.